The van der Waals surface area contributed by atoms with Crippen LogP contribution in [0.2, 0.25) is 0 Å². The fraction of sp³-hybridized carbons (Fsp3) is 0.615. The first-order valence-electron chi connectivity index (χ1n) is 5.96. The minimum Gasteiger partial charge on any atom is -0.395 e. The van der Waals surface area contributed by atoms with E-state index in [1.165, 1.54) is 5.56 Å². The van der Waals surface area contributed by atoms with Gasteiger partial charge in [0.1, 0.15) is 0 Å². The van der Waals surface area contributed by atoms with Gasteiger partial charge in [0.25, 0.3) is 0 Å². The lowest BCUT2D eigenvalue weighted by Crippen LogP contribution is -2.39. The standard InChI is InChI=1S/C13H22N2OS/c1-9(2)14-12(7-16)8-17-13-6-10(3)5-11(4)15-13/h5-6,9,12,14,16H,7-8H2,1-4H3. The molecule has 96 valence electrons. The number of rotatable bonds is 6. The molecule has 0 aliphatic rings. The van der Waals surface area contributed by atoms with Gasteiger partial charge in [-0.05, 0) is 31.5 Å². The molecule has 17 heavy (non-hydrogen) atoms. The average molecular weight is 254 g/mol. The number of aromatic nitrogens is 1. The second-order valence-electron chi connectivity index (χ2n) is 4.64. The molecule has 1 heterocycles. The number of hydrogen-bond acceptors (Lipinski definition) is 4. The molecule has 4 heteroatoms. The van der Waals surface area contributed by atoms with Crippen LogP contribution in [0, 0.1) is 13.8 Å². The highest BCUT2D eigenvalue weighted by atomic mass is 32.2. The van der Waals surface area contributed by atoms with Gasteiger partial charge in [0.15, 0.2) is 0 Å². The summed E-state index contributed by atoms with van der Waals surface area (Å²) >= 11 is 1.69. The first-order chi connectivity index (χ1) is 8.01. The van der Waals surface area contributed by atoms with E-state index >= 15 is 0 Å². The van der Waals surface area contributed by atoms with Crippen LogP contribution in [0.15, 0.2) is 17.2 Å². The van der Waals surface area contributed by atoms with E-state index in [0.29, 0.717) is 6.04 Å². The Hall–Kier alpha value is -0.580. The molecule has 0 radical (unpaired) electrons. The maximum atomic E-state index is 9.27. The van der Waals surface area contributed by atoms with Crippen molar-refractivity contribution in [3.05, 3.63) is 23.4 Å². The topological polar surface area (TPSA) is 45.2 Å². The van der Waals surface area contributed by atoms with Gasteiger partial charge in [-0.15, -0.1) is 11.8 Å². The number of aryl methyl sites for hydroxylation is 2. The molecule has 0 aliphatic carbocycles. The summed E-state index contributed by atoms with van der Waals surface area (Å²) in [5.74, 6) is 0.838. The molecule has 1 aromatic heterocycles. The molecule has 0 saturated carbocycles. The van der Waals surface area contributed by atoms with Gasteiger partial charge in [-0.1, -0.05) is 13.8 Å². The summed E-state index contributed by atoms with van der Waals surface area (Å²) in [5.41, 5.74) is 2.28. The maximum absolute atomic E-state index is 9.27. The number of thioether (sulfide) groups is 1. The Morgan fingerprint density at radius 3 is 2.59 bits per heavy atom. The molecule has 0 spiro atoms. The fourth-order valence-electron chi connectivity index (χ4n) is 1.69. The van der Waals surface area contributed by atoms with Gasteiger partial charge in [-0.2, -0.15) is 0 Å². The lowest BCUT2D eigenvalue weighted by Gasteiger charge is -2.18. The van der Waals surface area contributed by atoms with E-state index in [9.17, 15) is 5.11 Å². The quantitative estimate of drug-likeness (QED) is 0.764. The van der Waals surface area contributed by atoms with E-state index in [4.69, 9.17) is 0 Å². The molecule has 0 aliphatic heterocycles. The van der Waals surface area contributed by atoms with Gasteiger partial charge in [-0.25, -0.2) is 4.98 Å². The summed E-state index contributed by atoms with van der Waals surface area (Å²) < 4.78 is 0. The van der Waals surface area contributed by atoms with Crippen molar-refractivity contribution < 1.29 is 5.11 Å². The summed E-state index contributed by atoms with van der Waals surface area (Å²) in [6.07, 6.45) is 0. The molecule has 1 atom stereocenters. The monoisotopic (exact) mass is 254 g/mol. The van der Waals surface area contributed by atoms with E-state index in [0.717, 1.165) is 16.5 Å². The first-order valence-corrected chi connectivity index (χ1v) is 6.95. The molecular formula is C13H22N2OS. The van der Waals surface area contributed by atoms with Gasteiger partial charge in [0.05, 0.1) is 11.6 Å². The normalized spacial score (nSPS) is 13.1. The zero-order chi connectivity index (χ0) is 12.8. The van der Waals surface area contributed by atoms with Crippen molar-refractivity contribution in [1.29, 1.82) is 0 Å². The predicted molar refractivity (Wildman–Crippen MR) is 73.6 cm³/mol. The fourth-order valence-corrected chi connectivity index (χ4v) is 2.74. The summed E-state index contributed by atoms with van der Waals surface area (Å²) in [7, 11) is 0. The molecule has 1 unspecified atom stereocenters. The van der Waals surface area contributed by atoms with Crippen molar-refractivity contribution in [2.24, 2.45) is 0 Å². The van der Waals surface area contributed by atoms with Crippen LogP contribution in [0.1, 0.15) is 25.1 Å². The van der Waals surface area contributed by atoms with Crippen molar-refractivity contribution >= 4 is 11.8 Å². The third-order valence-electron chi connectivity index (χ3n) is 2.30. The number of pyridine rings is 1. The summed E-state index contributed by atoms with van der Waals surface area (Å²) in [6, 6.07) is 4.67. The zero-order valence-corrected chi connectivity index (χ0v) is 11.8. The number of hydrogen-bond donors (Lipinski definition) is 2. The Bertz CT molecular complexity index is 335. The minimum absolute atomic E-state index is 0.127. The Morgan fingerprint density at radius 1 is 1.35 bits per heavy atom. The van der Waals surface area contributed by atoms with Gasteiger partial charge in [0, 0.05) is 23.5 Å². The first kappa shape index (κ1) is 14.5. The Kier molecular flexibility index (Phi) is 5.95. The summed E-state index contributed by atoms with van der Waals surface area (Å²) in [4.78, 5) is 4.47. The third kappa shape index (κ3) is 5.52. The predicted octanol–water partition coefficient (Wildman–Crippen LogP) is 2.15. The van der Waals surface area contributed by atoms with Crippen LogP contribution < -0.4 is 5.32 Å². The smallest absolute Gasteiger partial charge is 0.0966 e. The van der Waals surface area contributed by atoms with E-state index in [-0.39, 0.29) is 12.6 Å². The largest absolute Gasteiger partial charge is 0.395 e. The summed E-state index contributed by atoms with van der Waals surface area (Å²) in [6.45, 7) is 8.42. The van der Waals surface area contributed by atoms with Gasteiger partial charge >= 0.3 is 0 Å². The van der Waals surface area contributed by atoms with E-state index < -0.39 is 0 Å². The van der Waals surface area contributed by atoms with Gasteiger partial charge in [-0.3, -0.25) is 0 Å². The third-order valence-corrected chi connectivity index (χ3v) is 3.37. The molecule has 1 rings (SSSR count). The molecule has 2 N–H and O–H groups in total. The van der Waals surface area contributed by atoms with E-state index in [2.05, 4.69) is 43.2 Å². The van der Waals surface area contributed by atoms with E-state index in [1.807, 2.05) is 6.92 Å². The van der Waals surface area contributed by atoms with Crippen molar-refractivity contribution in [3.63, 3.8) is 0 Å². The van der Waals surface area contributed by atoms with Crippen LogP contribution in [-0.4, -0.2) is 34.5 Å². The van der Waals surface area contributed by atoms with Gasteiger partial charge < -0.3 is 10.4 Å². The highest BCUT2D eigenvalue weighted by molar-refractivity contribution is 7.99. The number of aliphatic hydroxyl groups excluding tert-OH is 1. The van der Waals surface area contributed by atoms with Crippen molar-refractivity contribution in [2.45, 2.75) is 44.8 Å². The van der Waals surface area contributed by atoms with Crippen LogP contribution in [0.4, 0.5) is 0 Å². The second-order valence-corrected chi connectivity index (χ2v) is 5.68. The second kappa shape index (κ2) is 6.99. The van der Waals surface area contributed by atoms with Crippen molar-refractivity contribution in [3.8, 4) is 0 Å². The highest BCUT2D eigenvalue weighted by Gasteiger charge is 2.09. The summed E-state index contributed by atoms with van der Waals surface area (Å²) in [5, 5.41) is 13.6. The number of aliphatic hydroxyl groups is 1. The van der Waals surface area contributed by atoms with E-state index in [1.54, 1.807) is 11.8 Å². The van der Waals surface area contributed by atoms with Crippen LogP contribution in [-0.2, 0) is 0 Å². The molecule has 0 aromatic carbocycles. The Labute approximate surface area is 108 Å². The molecule has 0 amide bonds. The molecule has 1 aromatic rings. The molecular weight excluding hydrogens is 232 g/mol. The highest BCUT2D eigenvalue weighted by Crippen LogP contribution is 2.18. The van der Waals surface area contributed by atoms with Crippen LogP contribution in [0.5, 0.6) is 0 Å². The number of nitrogens with one attached hydrogen (secondary N) is 1. The van der Waals surface area contributed by atoms with Crippen LogP contribution in [0.3, 0.4) is 0 Å². The average Bonchev–Trinajstić information content (AvgIpc) is 2.22. The van der Waals surface area contributed by atoms with Crippen molar-refractivity contribution in [2.75, 3.05) is 12.4 Å². The maximum Gasteiger partial charge on any atom is 0.0966 e. The lowest BCUT2D eigenvalue weighted by atomic mass is 10.3. The van der Waals surface area contributed by atoms with Gasteiger partial charge in [0.2, 0.25) is 0 Å². The Balaban J connectivity index is 2.53. The van der Waals surface area contributed by atoms with Crippen LogP contribution >= 0.6 is 11.8 Å². The van der Waals surface area contributed by atoms with Crippen LogP contribution in [0.25, 0.3) is 0 Å². The minimum atomic E-state index is 0.127. The Morgan fingerprint density at radius 2 is 2.06 bits per heavy atom. The lowest BCUT2D eigenvalue weighted by molar-refractivity contribution is 0.247. The molecule has 3 nitrogen and oxygen atoms in total. The van der Waals surface area contributed by atoms with Crippen molar-refractivity contribution in [1.82, 2.24) is 10.3 Å². The molecule has 0 saturated heterocycles. The number of nitrogens with zero attached hydrogens (tertiary/aromatic N) is 1. The zero-order valence-electron chi connectivity index (χ0n) is 11.0. The SMILES string of the molecule is Cc1cc(C)nc(SCC(CO)NC(C)C)c1. The molecule has 0 fully saturated rings. The molecule has 0 bridgehead atoms.